The normalized spacial score (nSPS) is 14.1. The van der Waals surface area contributed by atoms with Crippen molar-refractivity contribution in [2.75, 3.05) is 38.3 Å². The van der Waals surface area contributed by atoms with Gasteiger partial charge in [-0.1, -0.05) is 20.3 Å². The van der Waals surface area contributed by atoms with E-state index in [0.717, 1.165) is 13.1 Å². The number of rotatable bonds is 9. The summed E-state index contributed by atoms with van der Waals surface area (Å²) in [5, 5.41) is 3.26. The van der Waals surface area contributed by atoms with Crippen LogP contribution in [0.15, 0.2) is 0 Å². The summed E-state index contributed by atoms with van der Waals surface area (Å²) in [6.45, 7) is 7.00. The molecule has 0 aromatic rings. The Morgan fingerprint density at radius 2 is 2.00 bits per heavy atom. The SMILES string of the molecule is CCC(C)CNCCOCCS(C)(=O)=O. The lowest BCUT2D eigenvalue weighted by Gasteiger charge is -2.09. The van der Waals surface area contributed by atoms with Crippen LogP contribution in [0.2, 0.25) is 0 Å². The lowest BCUT2D eigenvalue weighted by atomic mass is 10.1. The van der Waals surface area contributed by atoms with Gasteiger partial charge in [0.1, 0.15) is 9.84 Å². The lowest BCUT2D eigenvalue weighted by molar-refractivity contribution is 0.150. The first kappa shape index (κ1) is 14.9. The predicted molar refractivity (Wildman–Crippen MR) is 62.9 cm³/mol. The third kappa shape index (κ3) is 11.8. The van der Waals surface area contributed by atoms with Crippen molar-refractivity contribution in [3.8, 4) is 0 Å². The molecule has 0 bridgehead atoms. The van der Waals surface area contributed by atoms with Gasteiger partial charge in [0.2, 0.25) is 0 Å². The van der Waals surface area contributed by atoms with E-state index in [4.69, 9.17) is 4.74 Å². The second kappa shape index (κ2) is 8.07. The molecule has 0 aliphatic carbocycles. The van der Waals surface area contributed by atoms with Crippen LogP contribution < -0.4 is 5.32 Å². The van der Waals surface area contributed by atoms with Crippen LogP contribution in [0.4, 0.5) is 0 Å². The summed E-state index contributed by atoms with van der Waals surface area (Å²) in [5.74, 6) is 0.791. The Hall–Kier alpha value is -0.130. The topological polar surface area (TPSA) is 55.4 Å². The van der Waals surface area contributed by atoms with E-state index in [1.165, 1.54) is 12.7 Å². The molecule has 0 aromatic carbocycles. The van der Waals surface area contributed by atoms with E-state index in [2.05, 4.69) is 19.2 Å². The molecule has 0 rings (SSSR count). The van der Waals surface area contributed by atoms with Crippen LogP contribution in [0.25, 0.3) is 0 Å². The van der Waals surface area contributed by atoms with Crippen LogP contribution in [-0.4, -0.2) is 46.7 Å². The smallest absolute Gasteiger partial charge is 0.149 e. The summed E-state index contributed by atoms with van der Waals surface area (Å²) in [4.78, 5) is 0. The fourth-order valence-corrected chi connectivity index (χ4v) is 1.37. The van der Waals surface area contributed by atoms with E-state index in [9.17, 15) is 8.42 Å². The van der Waals surface area contributed by atoms with Gasteiger partial charge in [0, 0.05) is 12.8 Å². The minimum atomic E-state index is -2.88. The summed E-state index contributed by atoms with van der Waals surface area (Å²) in [6, 6.07) is 0. The number of nitrogens with one attached hydrogen (secondary N) is 1. The average Bonchev–Trinajstić information content (AvgIpc) is 2.14. The lowest BCUT2D eigenvalue weighted by Crippen LogP contribution is -2.25. The van der Waals surface area contributed by atoms with Gasteiger partial charge in [-0.05, 0) is 12.5 Å². The van der Waals surface area contributed by atoms with E-state index in [1.807, 2.05) is 0 Å². The first-order valence-corrected chi connectivity index (χ1v) is 7.48. The standard InChI is InChI=1S/C10H23NO3S/c1-4-10(2)9-11-5-6-14-7-8-15(3,12)13/h10-11H,4-9H2,1-3H3. The molecule has 0 aliphatic rings. The van der Waals surface area contributed by atoms with E-state index in [-0.39, 0.29) is 5.75 Å². The van der Waals surface area contributed by atoms with Crippen molar-refractivity contribution < 1.29 is 13.2 Å². The maximum atomic E-state index is 10.8. The van der Waals surface area contributed by atoms with Crippen molar-refractivity contribution in [3.05, 3.63) is 0 Å². The van der Waals surface area contributed by atoms with Crippen molar-refractivity contribution in [1.29, 1.82) is 0 Å². The van der Waals surface area contributed by atoms with Crippen LogP contribution in [0, 0.1) is 5.92 Å². The van der Waals surface area contributed by atoms with Gasteiger partial charge in [0.25, 0.3) is 0 Å². The molecule has 0 aromatic heterocycles. The third-order valence-corrected chi connectivity index (χ3v) is 3.12. The van der Waals surface area contributed by atoms with Gasteiger partial charge in [-0.3, -0.25) is 0 Å². The Labute approximate surface area is 93.3 Å². The zero-order chi connectivity index (χ0) is 11.7. The highest BCUT2D eigenvalue weighted by Gasteiger charge is 2.01. The van der Waals surface area contributed by atoms with Crippen molar-refractivity contribution >= 4 is 9.84 Å². The molecule has 0 radical (unpaired) electrons. The molecule has 0 spiro atoms. The predicted octanol–water partition coefficient (Wildman–Crippen LogP) is 0.683. The summed E-state index contributed by atoms with van der Waals surface area (Å²) >= 11 is 0. The Bertz CT molecular complexity index is 239. The van der Waals surface area contributed by atoms with Crippen LogP contribution in [0.1, 0.15) is 20.3 Å². The second-order valence-corrected chi connectivity index (χ2v) is 6.22. The Morgan fingerprint density at radius 3 is 2.53 bits per heavy atom. The molecule has 92 valence electrons. The number of hydrogen-bond donors (Lipinski definition) is 1. The Kier molecular flexibility index (Phi) is 8.00. The molecule has 0 fully saturated rings. The largest absolute Gasteiger partial charge is 0.379 e. The molecule has 0 saturated carbocycles. The highest BCUT2D eigenvalue weighted by Crippen LogP contribution is 1.96. The molecule has 0 aliphatic heterocycles. The van der Waals surface area contributed by atoms with Gasteiger partial charge >= 0.3 is 0 Å². The van der Waals surface area contributed by atoms with Gasteiger partial charge in [0.05, 0.1) is 19.0 Å². The first-order chi connectivity index (χ1) is 6.95. The highest BCUT2D eigenvalue weighted by molar-refractivity contribution is 7.90. The fraction of sp³-hybridized carbons (Fsp3) is 1.00. The zero-order valence-corrected chi connectivity index (χ0v) is 10.8. The molecule has 1 N–H and O–H groups in total. The molecule has 0 amide bonds. The monoisotopic (exact) mass is 237 g/mol. The quantitative estimate of drug-likeness (QED) is 0.599. The van der Waals surface area contributed by atoms with Crippen LogP contribution in [0.5, 0.6) is 0 Å². The van der Waals surface area contributed by atoms with Crippen molar-refractivity contribution in [2.24, 2.45) is 5.92 Å². The number of ether oxygens (including phenoxy) is 1. The molecule has 1 unspecified atom stereocenters. The second-order valence-electron chi connectivity index (χ2n) is 3.96. The first-order valence-electron chi connectivity index (χ1n) is 5.42. The number of sulfone groups is 1. The molecule has 4 nitrogen and oxygen atoms in total. The number of hydrogen-bond acceptors (Lipinski definition) is 4. The van der Waals surface area contributed by atoms with Crippen molar-refractivity contribution in [3.63, 3.8) is 0 Å². The molecule has 15 heavy (non-hydrogen) atoms. The minimum absolute atomic E-state index is 0.109. The Morgan fingerprint density at radius 1 is 1.33 bits per heavy atom. The van der Waals surface area contributed by atoms with Crippen molar-refractivity contribution in [1.82, 2.24) is 5.32 Å². The maximum Gasteiger partial charge on any atom is 0.149 e. The summed E-state index contributed by atoms with van der Waals surface area (Å²) in [7, 11) is -2.88. The highest BCUT2D eigenvalue weighted by atomic mass is 32.2. The van der Waals surface area contributed by atoms with Gasteiger partial charge < -0.3 is 10.1 Å². The van der Waals surface area contributed by atoms with Crippen LogP contribution >= 0.6 is 0 Å². The zero-order valence-electron chi connectivity index (χ0n) is 9.95. The molecule has 1 atom stereocenters. The minimum Gasteiger partial charge on any atom is -0.379 e. The third-order valence-electron chi connectivity index (χ3n) is 2.21. The van der Waals surface area contributed by atoms with Gasteiger partial charge in [0.15, 0.2) is 0 Å². The van der Waals surface area contributed by atoms with Gasteiger partial charge in [-0.15, -0.1) is 0 Å². The van der Waals surface area contributed by atoms with Crippen LogP contribution in [-0.2, 0) is 14.6 Å². The van der Waals surface area contributed by atoms with Crippen LogP contribution in [0.3, 0.4) is 0 Å². The summed E-state index contributed by atoms with van der Waals surface area (Å²) in [5.41, 5.74) is 0. The summed E-state index contributed by atoms with van der Waals surface area (Å²) in [6.07, 6.45) is 2.39. The molecular weight excluding hydrogens is 214 g/mol. The molecule has 5 heteroatoms. The fourth-order valence-electron chi connectivity index (χ4n) is 0.949. The molecule has 0 saturated heterocycles. The van der Waals surface area contributed by atoms with Gasteiger partial charge in [-0.25, -0.2) is 8.42 Å². The average molecular weight is 237 g/mol. The van der Waals surface area contributed by atoms with E-state index < -0.39 is 9.84 Å². The maximum absolute atomic E-state index is 10.8. The molecular formula is C10H23NO3S. The van der Waals surface area contributed by atoms with E-state index in [1.54, 1.807) is 0 Å². The van der Waals surface area contributed by atoms with Crippen molar-refractivity contribution in [2.45, 2.75) is 20.3 Å². The van der Waals surface area contributed by atoms with E-state index >= 15 is 0 Å². The Balaban J connectivity index is 3.19. The summed E-state index contributed by atoms with van der Waals surface area (Å²) < 4.78 is 26.7. The van der Waals surface area contributed by atoms with E-state index in [0.29, 0.717) is 19.1 Å². The van der Waals surface area contributed by atoms with Gasteiger partial charge in [-0.2, -0.15) is 0 Å². The molecule has 0 heterocycles.